The van der Waals surface area contributed by atoms with Crippen LogP contribution in [0.25, 0.3) is 0 Å². The van der Waals surface area contributed by atoms with Crippen LogP contribution < -0.4 is 0 Å². The van der Waals surface area contributed by atoms with Crippen molar-refractivity contribution < 1.29 is 4.39 Å². The first-order chi connectivity index (χ1) is 9.68. The largest absolute Gasteiger partial charge is 0.261 e. The molecule has 0 radical (unpaired) electrons. The summed E-state index contributed by atoms with van der Waals surface area (Å²) in [6, 6.07) is 7.43. The molecule has 0 saturated carbocycles. The van der Waals surface area contributed by atoms with Crippen LogP contribution in [0.2, 0.25) is 0 Å². The lowest BCUT2D eigenvalue weighted by atomic mass is 9.81. The molecule has 2 heterocycles. The van der Waals surface area contributed by atoms with Crippen molar-refractivity contribution in [1.29, 1.82) is 0 Å². The molecule has 2 rings (SSSR count). The fraction of sp³-hybridized carbons (Fsp3) is 0.444. The van der Waals surface area contributed by atoms with Gasteiger partial charge in [0.15, 0.2) is 0 Å². The van der Waals surface area contributed by atoms with Gasteiger partial charge in [-0.2, -0.15) is 0 Å². The zero-order valence-corrected chi connectivity index (χ0v) is 13.4. The van der Waals surface area contributed by atoms with Crippen molar-refractivity contribution >= 4 is 0 Å². The van der Waals surface area contributed by atoms with Gasteiger partial charge in [0.2, 0.25) is 0 Å². The highest BCUT2D eigenvalue weighted by Crippen LogP contribution is 2.28. The Morgan fingerprint density at radius 3 is 2.24 bits per heavy atom. The first kappa shape index (κ1) is 15.6. The normalized spacial score (nSPS) is 12.5. The molecule has 0 saturated heterocycles. The fourth-order valence-corrected chi connectivity index (χ4v) is 2.37. The SMILES string of the molecule is CC(C)(C)c1cc(CC(C)(C)c2ccc(F)cn2)ccn1. The molecular formula is C18H23FN2. The monoisotopic (exact) mass is 286 g/mol. The molecule has 0 atom stereocenters. The van der Waals surface area contributed by atoms with Crippen LogP contribution in [0.4, 0.5) is 4.39 Å². The van der Waals surface area contributed by atoms with Gasteiger partial charge in [0.1, 0.15) is 5.82 Å². The van der Waals surface area contributed by atoms with Crippen LogP contribution >= 0.6 is 0 Å². The van der Waals surface area contributed by atoms with E-state index >= 15 is 0 Å². The summed E-state index contributed by atoms with van der Waals surface area (Å²) in [4.78, 5) is 8.69. The lowest BCUT2D eigenvalue weighted by molar-refractivity contribution is 0.498. The summed E-state index contributed by atoms with van der Waals surface area (Å²) in [5, 5.41) is 0. The maximum absolute atomic E-state index is 13.0. The van der Waals surface area contributed by atoms with E-state index in [0.29, 0.717) is 0 Å². The van der Waals surface area contributed by atoms with E-state index in [-0.39, 0.29) is 16.6 Å². The third kappa shape index (κ3) is 3.87. The molecule has 0 amide bonds. The molecule has 112 valence electrons. The van der Waals surface area contributed by atoms with Gasteiger partial charge in [-0.25, -0.2) is 4.39 Å². The van der Waals surface area contributed by atoms with E-state index in [0.717, 1.165) is 17.8 Å². The van der Waals surface area contributed by atoms with Crippen LogP contribution in [-0.2, 0) is 17.3 Å². The summed E-state index contributed by atoms with van der Waals surface area (Å²) in [7, 11) is 0. The molecule has 0 fully saturated rings. The summed E-state index contributed by atoms with van der Waals surface area (Å²) in [5.41, 5.74) is 3.10. The van der Waals surface area contributed by atoms with Crippen molar-refractivity contribution in [3.63, 3.8) is 0 Å². The van der Waals surface area contributed by atoms with E-state index in [1.807, 2.05) is 12.3 Å². The molecule has 0 aliphatic rings. The Morgan fingerprint density at radius 2 is 1.67 bits per heavy atom. The van der Waals surface area contributed by atoms with Gasteiger partial charge < -0.3 is 0 Å². The topological polar surface area (TPSA) is 25.8 Å². The van der Waals surface area contributed by atoms with E-state index in [2.05, 4.69) is 50.7 Å². The average Bonchev–Trinajstić information content (AvgIpc) is 2.38. The number of aromatic nitrogens is 2. The minimum absolute atomic E-state index is 0.0360. The smallest absolute Gasteiger partial charge is 0.141 e. The van der Waals surface area contributed by atoms with Gasteiger partial charge in [0.25, 0.3) is 0 Å². The third-order valence-corrected chi connectivity index (χ3v) is 3.66. The third-order valence-electron chi connectivity index (χ3n) is 3.66. The Labute approximate surface area is 126 Å². The van der Waals surface area contributed by atoms with Crippen LogP contribution in [0, 0.1) is 5.82 Å². The minimum Gasteiger partial charge on any atom is -0.261 e. The van der Waals surface area contributed by atoms with Crippen molar-refractivity contribution in [3.05, 3.63) is 59.4 Å². The average molecular weight is 286 g/mol. The number of halogens is 1. The quantitative estimate of drug-likeness (QED) is 0.834. The van der Waals surface area contributed by atoms with Crippen LogP contribution in [0.1, 0.15) is 51.6 Å². The van der Waals surface area contributed by atoms with Crippen LogP contribution in [0.15, 0.2) is 36.7 Å². The maximum Gasteiger partial charge on any atom is 0.141 e. The van der Waals surface area contributed by atoms with Crippen LogP contribution in [-0.4, -0.2) is 9.97 Å². The molecule has 2 nitrogen and oxygen atoms in total. The number of hydrogen-bond acceptors (Lipinski definition) is 2. The second-order valence-electron chi connectivity index (χ2n) is 7.22. The van der Waals surface area contributed by atoms with Gasteiger partial charge in [0.05, 0.1) is 6.20 Å². The van der Waals surface area contributed by atoms with Crippen LogP contribution in [0.5, 0.6) is 0 Å². The van der Waals surface area contributed by atoms with Gasteiger partial charge in [-0.15, -0.1) is 0 Å². The zero-order valence-electron chi connectivity index (χ0n) is 13.4. The van der Waals surface area contributed by atoms with E-state index in [4.69, 9.17) is 0 Å². The van der Waals surface area contributed by atoms with Gasteiger partial charge in [-0.1, -0.05) is 34.6 Å². The Bertz CT molecular complexity index is 610. The molecule has 2 aromatic heterocycles. The van der Waals surface area contributed by atoms with E-state index < -0.39 is 0 Å². The standard InChI is InChI=1S/C18H23FN2/c1-17(2,3)16-10-13(8-9-20-16)11-18(4,5)15-7-6-14(19)12-21-15/h6-10,12H,11H2,1-5H3. The van der Waals surface area contributed by atoms with Gasteiger partial charge in [-0.05, 0) is 36.2 Å². The summed E-state index contributed by atoms with van der Waals surface area (Å²) < 4.78 is 13.0. The van der Waals surface area contributed by atoms with Crippen molar-refractivity contribution in [2.24, 2.45) is 0 Å². The molecular weight excluding hydrogens is 263 g/mol. The highest BCUT2D eigenvalue weighted by Gasteiger charge is 2.24. The minimum atomic E-state index is -0.298. The van der Waals surface area contributed by atoms with Crippen molar-refractivity contribution in [3.8, 4) is 0 Å². The molecule has 0 unspecified atom stereocenters. The molecule has 2 aromatic rings. The summed E-state index contributed by atoms with van der Waals surface area (Å²) in [6.45, 7) is 10.7. The summed E-state index contributed by atoms with van der Waals surface area (Å²) in [5.74, 6) is -0.298. The first-order valence-corrected chi connectivity index (χ1v) is 7.26. The molecule has 3 heteroatoms. The van der Waals surface area contributed by atoms with Crippen molar-refractivity contribution in [2.75, 3.05) is 0 Å². The predicted molar refractivity (Wildman–Crippen MR) is 83.9 cm³/mol. The second-order valence-corrected chi connectivity index (χ2v) is 7.22. The van der Waals surface area contributed by atoms with Crippen LogP contribution in [0.3, 0.4) is 0 Å². The molecule has 0 bridgehead atoms. The molecule has 0 spiro atoms. The van der Waals surface area contributed by atoms with Gasteiger partial charge in [-0.3, -0.25) is 9.97 Å². The summed E-state index contributed by atoms with van der Waals surface area (Å²) >= 11 is 0. The Kier molecular flexibility index (Phi) is 4.13. The molecule has 0 aromatic carbocycles. The predicted octanol–water partition coefficient (Wildman–Crippen LogP) is 4.43. The second kappa shape index (κ2) is 5.55. The van der Waals surface area contributed by atoms with Gasteiger partial charge >= 0.3 is 0 Å². The lowest BCUT2D eigenvalue weighted by Crippen LogP contribution is -2.23. The lowest BCUT2D eigenvalue weighted by Gasteiger charge is -2.25. The number of pyridine rings is 2. The molecule has 0 aliphatic carbocycles. The number of nitrogens with zero attached hydrogens (tertiary/aromatic N) is 2. The molecule has 21 heavy (non-hydrogen) atoms. The molecule has 0 N–H and O–H groups in total. The Hall–Kier alpha value is -1.77. The Morgan fingerprint density at radius 1 is 0.952 bits per heavy atom. The highest BCUT2D eigenvalue weighted by atomic mass is 19.1. The van der Waals surface area contributed by atoms with E-state index in [1.54, 1.807) is 6.07 Å². The highest BCUT2D eigenvalue weighted by molar-refractivity contribution is 5.26. The van der Waals surface area contributed by atoms with Crippen molar-refractivity contribution in [1.82, 2.24) is 9.97 Å². The van der Waals surface area contributed by atoms with Crippen molar-refractivity contribution in [2.45, 2.75) is 51.9 Å². The number of rotatable bonds is 3. The van der Waals surface area contributed by atoms with Gasteiger partial charge in [0, 0.05) is 28.4 Å². The Balaban J connectivity index is 2.26. The fourth-order valence-electron chi connectivity index (χ4n) is 2.37. The van der Waals surface area contributed by atoms with E-state index in [9.17, 15) is 4.39 Å². The zero-order chi connectivity index (χ0) is 15.7. The van der Waals surface area contributed by atoms with E-state index in [1.165, 1.54) is 17.8 Å². The number of hydrogen-bond donors (Lipinski definition) is 0. The maximum atomic E-state index is 13.0. The first-order valence-electron chi connectivity index (χ1n) is 7.26. The molecule has 0 aliphatic heterocycles. The summed E-state index contributed by atoms with van der Waals surface area (Å²) in [6.07, 6.45) is 3.99.